The number of nitrogens with one attached hydrogen (secondary N) is 1. The Balaban J connectivity index is 1.70. The summed E-state index contributed by atoms with van der Waals surface area (Å²) in [6, 6.07) is 9.17. The minimum absolute atomic E-state index is 0.0757. The first-order valence-electron chi connectivity index (χ1n) is 7.85. The van der Waals surface area contributed by atoms with Gasteiger partial charge in [0, 0.05) is 17.7 Å². The molecule has 4 rings (SSSR count). The summed E-state index contributed by atoms with van der Waals surface area (Å²) in [5.74, 6) is 0.0976. The van der Waals surface area contributed by atoms with Crippen LogP contribution in [-0.2, 0) is 9.53 Å². The number of benzene rings is 2. The molecule has 0 bridgehead atoms. The van der Waals surface area contributed by atoms with E-state index in [0.29, 0.717) is 11.5 Å². The van der Waals surface area contributed by atoms with Gasteiger partial charge in [-0.3, -0.25) is 14.9 Å². The highest BCUT2D eigenvalue weighted by atomic mass is 16.6. The molecule has 0 spiro atoms. The van der Waals surface area contributed by atoms with E-state index in [0.717, 1.165) is 22.5 Å². The van der Waals surface area contributed by atoms with Crippen LogP contribution in [0.15, 0.2) is 41.4 Å². The smallest absolute Gasteiger partial charge is 0.269 e. The van der Waals surface area contributed by atoms with Crippen molar-refractivity contribution < 1.29 is 14.5 Å². The lowest BCUT2D eigenvalue weighted by Gasteiger charge is -2.20. The number of aliphatic imine (C=N–C) groups is 1. The van der Waals surface area contributed by atoms with Crippen LogP contribution < -0.4 is 5.32 Å². The van der Waals surface area contributed by atoms with Crippen LogP contribution in [-0.4, -0.2) is 22.6 Å². The number of fused-ring (bicyclic) bond motifs is 2. The Morgan fingerprint density at radius 2 is 1.96 bits per heavy atom. The minimum Gasteiger partial charge on any atom is -0.463 e. The third-order valence-corrected chi connectivity index (χ3v) is 4.55. The quantitative estimate of drug-likeness (QED) is 0.670. The molecule has 0 radical (unpaired) electrons. The van der Waals surface area contributed by atoms with Gasteiger partial charge in [-0.1, -0.05) is 12.1 Å². The molecule has 1 saturated heterocycles. The van der Waals surface area contributed by atoms with Crippen LogP contribution in [0.3, 0.4) is 0 Å². The van der Waals surface area contributed by atoms with Gasteiger partial charge in [0.2, 0.25) is 11.7 Å². The molecule has 126 valence electrons. The second-order valence-corrected chi connectivity index (χ2v) is 6.23. The van der Waals surface area contributed by atoms with Crippen molar-refractivity contribution in [2.24, 2.45) is 4.99 Å². The van der Waals surface area contributed by atoms with Crippen LogP contribution in [0.4, 0.5) is 17.1 Å². The molecule has 0 amide bonds. The molecule has 2 aromatic carbocycles. The van der Waals surface area contributed by atoms with Gasteiger partial charge in [0.1, 0.15) is 0 Å². The van der Waals surface area contributed by atoms with Crippen LogP contribution in [0, 0.1) is 24.0 Å². The van der Waals surface area contributed by atoms with Gasteiger partial charge in [-0.05, 0) is 37.1 Å². The van der Waals surface area contributed by atoms with Crippen molar-refractivity contribution in [1.82, 2.24) is 0 Å². The lowest BCUT2D eigenvalue weighted by Crippen LogP contribution is -2.34. The fourth-order valence-electron chi connectivity index (χ4n) is 3.06. The zero-order chi connectivity index (χ0) is 17.7. The van der Waals surface area contributed by atoms with E-state index >= 15 is 0 Å². The van der Waals surface area contributed by atoms with Gasteiger partial charge < -0.3 is 10.1 Å². The molecule has 2 aromatic rings. The third-order valence-electron chi connectivity index (χ3n) is 4.55. The molecule has 25 heavy (non-hydrogen) atoms. The average molecular weight is 337 g/mol. The summed E-state index contributed by atoms with van der Waals surface area (Å²) in [5, 5.41) is 14.1. The highest BCUT2D eigenvalue weighted by Crippen LogP contribution is 2.38. The predicted octanol–water partition coefficient (Wildman–Crippen LogP) is 3.38. The second-order valence-electron chi connectivity index (χ2n) is 6.23. The van der Waals surface area contributed by atoms with E-state index in [-0.39, 0.29) is 11.5 Å². The first kappa shape index (κ1) is 15.3. The average Bonchev–Trinajstić information content (AvgIpc) is 2.90. The summed E-state index contributed by atoms with van der Waals surface area (Å²) in [7, 11) is 0. The Morgan fingerprint density at radius 3 is 2.72 bits per heavy atom. The molecule has 1 fully saturated rings. The van der Waals surface area contributed by atoms with Crippen molar-refractivity contribution in [3.05, 3.63) is 63.2 Å². The van der Waals surface area contributed by atoms with Gasteiger partial charge in [-0.2, -0.15) is 0 Å². The highest BCUT2D eigenvalue weighted by Gasteiger charge is 2.44. The number of aryl methyl sites for hydroxylation is 2. The number of ketones is 1. The number of carbonyl (C=O) groups is 1. The van der Waals surface area contributed by atoms with Crippen molar-refractivity contribution in [1.29, 1.82) is 0 Å². The summed E-state index contributed by atoms with van der Waals surface area (Å²) in [5.41, 5.74) is 4.09. The summed E-state index contributed by atoms with van der Waals surface area (Å²) in [6.07, 6.45) is -0.896. The topological polar surface area (TPSA) is 93.8 Å². The molecule has 0 saturated carbocycles. The third kappa shape index (κ3) is 2.44. The Hall–Kier alpha value is -3.22. The molecule has 2 aliphatic heterocycles. The molecule has 2 unspecified atom stereocenters. The molecular weight excluding hydrogens is 322 g/mol. The van der Waals surface area contributed by atoms with Crippen LogP contribution in [0.1, 0.15) is 22.8 Å². The number of hydrogen-bond acceptors (Lipinski definition) is 6. The number of hydrogen-bond donors (Lipinski definition) is 1. The Morgan fingerprint density at radius 1 is 1.20 bits per heavy atom. The molecule has 7 heteroatoms. The molecule has 2 atom stereocenters. The Labute approximate surface area is 143 Å². The van der Waals surface area contributed by atoms with Gasteiger partial charge >= 0.3 is 0 Å². The maximum absolute atomic E-state index is 12.7. The molecule has 2 heterocycles. The number of nitro groups is 1. The molecule has 0 aromatic heterocycles. The van der Waals surface area contributed by atoms with Crippen LogP contribution in [0.5, 0.6) is 0 Å². The van der Waals surface area contributed by atoms with E-state index in [1.54, 1.807) is 12.1 Å². The van der Waals surface area contributed by atoms with Crippen molar-refractivity contribution >= 4 is 28.7 Å². The number of non-ortho nitro benzene ring substituents is 1. The van der Waals surface area contributed by atoms with Crippen LogP contribution in [0.25, 0.3) is 0 Å². The first-order chi connectivity index (χ1) is 11.9. The summed E-state index contributed by atoms with van der Waals surface area (Å²) < 4.78 is 5.74. The number of nitro benzene ring substituents is 1. The monoisotopic (exact) mass is 337 g/mol. The summed E-state index contributed by atoms with van der Waals surface area (Å²) >= 11 is 0. The maximum atomic E-state index is 12.7. The number of nitrogens with zero attached hydrogens (tertiary/aromatic N) is 2. The standard InChI is InChI=1S/C18H15N3O4/c1-9-6-13-14(7-10(9)2)20-18-15(19-13)16(22)17(25-18)11-4-3-5-12(8-11)21(23)24/h3-8,15,17,19H,1-2H3. The fourth-order valence-corrected chi connectivity index (χ4v) is 3.06. The van der Waals surface area contributed by atoms with E-state index in [2.05, 4.69) is 10.3 Å². The lowest BCUT2D eigenvalue weighted by atomic mass is 10.0. The molecular formula is C18H15N3O4. The van der Waals surface area contributed by atoms with E-state index in [1.165, 1.54) is 12.1 Å². The van der Waals surface area contributed by atoms with Crippen molar-refractivity contribution in [3.63, 3.8) is 0 Å². The molecule has 7 nitrogen and oxygen atoms in total. The zero-order valence-corrected chi connectivity index (χ0v) is 13.6. The van der Waals surface area contributed by atoms with E-state index < -0.39 is 17.1 Å². The van der Waals surface area contributed by atoms with Crippen LogP contribution in [0.2, 0.25) is 0 Å². The van der Waals surface area contributed by atoms with Gasteiger partial charge in [0.15, 0.2) is 12.1 Å². The Kier molecular flexibility index (Phi) is 3.31. The first-order valence-corrected chi connectivity index (χ1v) is 7.85. The van der Waals surface area contributed by atoms with Crippen LogP contribution >= 0.6 is 0 Å². The zero-order valence-electron chi connectivity index (χ0n) is 13.6. The number of anilines is 1. The maximum Gasteiger partial charge on any atom is 0.269 e. The minimum atomic E-state index is -0.896. The van der Waals surface area contributed by atoms with Crippen molar-refractivity contribution in [2.45, 2.75) is 26.0 Å². The predicted molar refractivity (Wildman–Crippen MR) is 92.4 cm³/mol. The van der Waals surface area contributed by atoms with Crippen molar-refractivity contribution in [2.75, 3.05) is 5.32 Å². The number of carbonyl (C=O) groups excluding carboxylic acids is 1. The number of ether oxygens (including phenoxy) is 1. The van der Waals surface area contributed by atoms with E-state index in [4.69, 9.17) is 4.74 Å². The number of Topliss-reactive ketones (excluding diaryl/α,β-unsaturated/α-hetero) is 1. The van der Waals surface area contributed by atoms with Gasteiger partial charge in [0.05, 0.1) is 16.3 Å². The van der Waals surface area contributed by atoms with E-state index in [9.17, 15) is 14.9 Å². The summed E-state index contributed by atoms with van der Waals surface area (Å²) in [6.45, 7) is 3.99. The van der Waals surface area contributed by atoms with Gasteiger partial charge in [-0.25, -0.2) is 4.99 Å². The SMILES string of the molecule is Cc1cc2c(cc1C)NC1C(=O)C(c3cccc([N+](=O)[O-])c3)OC1=N2. The summed E-state index contributed by atoms with van der Waals surface area (Å²) in [4.78, 5) is 27.7. The highest BCUT2D eigenvalue weighted by molar-refractivity contribution is 6.17. The van der Waals surface area contributed by atoms with Gasteiger partial charge in [-0.15, -0.1) is 0 Å². The van der Waals surface area contributed by atoms with Crippen molar-refractivity contribution in [3.8, 4) is 0 Å². The normalized spacial score (nSPS) is 20.9. The lowest BCUT2D eigenvalue weighted by molar-refractivity contribution is -0.384. The number of rotatable bonds is 2. The van der Waals surface area contributed by atoms with E-state index in [1.807, 2.05) is 26.0 Å². The fraction of sp³-hybridized carbons (Fsp3) is 0.222. The second kappa shape index (κ2) is 5.41. The van der Waals surface area contributed by atoms with Gasteiger partial charge in [0.25, 0.3) is 5.69 Å². The molecule has 0 aliphatic carbocycles. The molecule has 1 N–H and O–H groups in total. The molecule has 2 aliphatic rings. The largest absolute Gasteiger partial charge is 0.463 e. The Bertz CT molecular complexity index is 951.